The van der Waals surface area contributed by atoms with E-state index in [1.54, 1.807) is 49.5 Å². The molecule has 2 heterocycles. The fraction of sp³-hybridized carbons (Fsp3) is 0.0833. The number of carbonyl (C=O) groups is 1. The lowest BCUT2D eigenvalue weighted by Crippen LogP contribution is -2.15. The lowest BCUT2D eigenvalue weighted by atomic mass is 10.1. The van der Waals surface area contributed by atoms with Crippen LogP contribution in [0.1, 0.15) is 11.4 Å². The molecule has 9 heteroatoms. The Labute approximate surface area is 195 Å². The van der Waals surface area contributed by atoms with Gasteiger partial charge in [-0.3, -0.25) is 4.79 Å². The third-order valence-corrected chi connectivity index (χ3v) is 4.95. The number of carbonyl (C=O) groups excluding carboxylic acids is 1. The zero-order valence-electron chi connectivity index (χ0n) is 17.6. The normalized spacial score (nSPS) is 10.5. The maximum Gasteiger partial charge on any atom is 0.228 e. The van der Waals surface area contributed by atoms with Crippen molar-refractivity contribution in [3.63, 3.8) is 0 Å². The molecule has 0 bridgehead atoms. The Balaban J connectivity index is 1.40. The molecule has 0 radical (unpaired) electrons. The van der Waals surface area contributed by atoms with Crippen molar-refractivity contribution in [3.05, 3.63) is 95.2 Å². The number of hydrogen-bond acceptors (Lipinski definition) is 6. The minimum Gasteiger partial charge on any atom is -0.340 e. The molecule has 0 saturated heterocycles. The summed E-state index contributed by atoms with van der Waals surface area (Å²) in [5, 5.41) is 9.33. The fourth-order valence-electron chi connectivity index (χ4n) is 3.12. The maximum atomic E-state index is 13.9. The lowest BCUT2D eigenvalue weighted by molar-refractivity contribution is -0.115. The zero-order chi connectivity index (χ0) is 23.2. The summed E-state index contributed by atoms with van der Waals surface area (Å²) in [5.74, 6) is 1.62. The van der Waals surface area contributed by atoms with Gasteiger partial charge in [0.05, 0.1) is 6.42 Å². The van der Waals surface area contributed by atoms with Gasteiger partial charge in [0.1, 0.15) is 29.1 Å². The van der Waals surface area contributed by atoms with E-state index >= 15 is 0 Å². The molecule has 1 amide bonds. The smallest absolute Gasteiger partial charge is 0.228 e. The van der Waals surface area contributed by atoms with Gasteiger partial charge in [0.25, 0.3) is 0 Å². The first-order valence-corrected chi connectivity index (χ1v) is 10.5. The molecule has 166 valence electrons. The number of benzene rings is 2. The van der Waals surface area contributed by atoms with Crippen molar-refractivity contribution in [2.24, 2.45) is 0 Å². The Kier molecular flexibility index (Phi) is 6.75. The Morgan fingerprint density at radius 2 is 1.64 bits per heavy atom. The number of rotatable bonds is 7. The molecule has 0 unspecified atom stereocenters. The monoisotopic (exact) mass is 462 g/mol. The highest BCUT2D eigenvalue weighted by Crippen LogP contribution is 2.22. The molecule has 0 aliphatic carbocycles. The van der Waals surface area contributed by atoms with E-state index in [4.69, 9.17) is 11.6 Å². The first kappa shape index (κ1) is 22.2. The molecule has 2 aromatic carbocycles. The fourth-order valence-corrected chi connectivity index (χ4v) is 3.35. The molecule has 3 N–H and O–H groups in total. The number of pyridine rings is 1. The number of halogens is 2. The molecule has 33 heavy (non-hydrogen) atoms. The van der Waals surface area contributed by atoms with Crippen molar-refractivity contribution in [2.75, 3.05) is 16.0 Å². The summed E-state index contributed by atoms with van der Waals surface area (Å²) in [6.07, 6.45) is 1.54. The average molecular weight is 463 g/mol. The van der Waals surface area contributed by atoms with Crippen LogP contribution in [0.4, 0.5) is 33.2 Å². The summed E-state index contributed by atoms with van der Waals surface area (Å²) in [6, 6.07) is 18.8. The summed E-state index contributed by atoms with van der Waals surface area (Å²) in [5.41, 5.74) is 1.52. The van der Waals surface area contributed by atoms with E-state index in [0.29, 0.717) is 29.0 Å². The molecular formula is C24H20ClFN6O. The van der Waals surface area contributed by atoms with Crippen LogP contribution in [0.3, 0.4) is 0 Å². The molecule has 0 aliphatic rings. The molecular weight excluding hydrogens is 443 g/mol. The maximum absolute atomic E-state index is 13.9. The largest absolute Gasteiger partial charge is 0.340 e. The van der Waals surface area contributed by atoms with Gasteiger partial charge in [0.15, 0.2) is 0 Å². The zero-order valence-corrected chi connectivity index (χ0v) is 18.4. The number of nitrogens with zero attached hydrogens (tertiary/aromatic N) is 3. The van der Waals surface area contributed by atoms with Crippen LogP contribution in [0.2, 0.25) is 5.02 Å². The predicted octanol–water partition coefficient (Wildman–Crippen LogP) is 5.64. The number of aromatic nitrogens is 3. The van der Waals surface area contributed by atoms with Crippen LogP contribution in [-0.4, -0.2) is 20.9 Å². The standard InChI is InChI=1S/C24H20ClFN6O/c1-15-28-22(14-23(29-15)32-21-7-2-3-12-27-21)30-16-8-10-17(11-9-16)31-24(33)13-18-19(25)5-4-6-20(18)26/h2-12,14H,13H2,1H3,(H,31,33)(H2,27,28,29,30,32). The van der Waals surface area contributed by atoms with Crippen LogP contribution < -0.4 is 16.0 Å². The molecule has 0 saturated carbocycles. The average Bonchev–Trinajstić information content (AvgIpc) is 2.78. The summed E-state index contributed by atoms with van der Waals surface area (Å²) in [4.78, 5) is 25.3. The topological polar surface area (TPSA) is 91.8 Å². The Morgan fingerprint density at radius 3 is 2.33 bits per heavy atom. The van der Waals surface area contributed by atoms with E-state index in [2.05, 4.69) is 30.9 Å². The third kappa shape index (κ3) is 6.02. The van der Waals surface area contributed by atoms with Gasteiger partial charge in [-0.1, -0.05) is 23.7 Å². The Bertz CT molecular complexity index is 1250. The van der Waals surface area contributed by atoms with Crippen LogP contribution >= 0.6 is 11.6 Å². The number of hydrogen-bond donors (Lipinski definition) is 3. The van der Waals surface area contributed by atoms with E-state index in [1.807, 2.05) is 18.2 Å². The number of aryl methyl sites for hydroxylation is 1. The predicted molar refractivity (Wildman–Crippen MR) is 128 cm³/mol. The van der Waals surface area contributed by atoms with E-state index < -0.39 is 5.82 Å². The second-order valence-electron chi connectivity index (χ2n) is 7.15. The lowest BCUT2D eigenvalue weighted by Gasteiger charge is -2.11. The minimum atomic E-state index is -0.505. The molecule has 0 atom stereocenters. The van der Waals surface area contributed by atoms with Crippen molar-refractivity contribution in [2.45, 2.75) is 13.3 Å². The SMILES string of the molecule is Cc1nc(Nc2ccc(NC(=O)Cc3c(F)cccc3Cl)cc2)cc(Nc2ccccn2)n1. The Morgan fingerprint density at radius 1 is 0.909 bits per heavy atom. The van der Waals surface area contributed by atoms with Crippen LogP contribution in [0.25, 0.3) is 0 Å². The molecule has 7 nitrogen and oxygen atoms in total. The van der Waals surface area contributed by atoms with Crippen molar-refractivity contribution >= 4 is 46.3 Å². The van der Waals surface area contributed by atoms with Gasteiger partial charge in [0.2, 0.25) is 5.91 Å². The first-order valence-electron chi connectivity index (χ1n) is 10.1. The van der Waals surface area contributed by atoms with Crippen molar-refractivity contribution < 1.29 is 9.18 Å². The van der Waals surface area contributed by atoms with Gasteiger partial charge in [-0.2, -0.15) is 0 Å². The van der Waals surface area contributed by atoms with Crippen LogP contribution in [0.5, 0.6) is 0 Å². The minimum absolute atomic E-state index is 0.155. The summed E-state index contributed by atoms with van der Waals surface area (Å²) in [7, 11) is 0. The van der Waals surface area contributed by atoms with E-state index in [0.717, 1.165) is 5.69 Å². The van der Waals surface area contributed by atoms with E-state index in [1.165, 1.54) is 12.1 Å². The number of amides is 1. The van der Waals surface area contributed by atoms with E-state index in [-0.39, 0.29) is 22.9 Å². The van der Waals surface area contributed by atoms with Crippen molar-refractivity contribution in [1.29, 1.82) is 0 Å². The van der Waals surface area contributed by atoms with E-state index in [9.17, 15) is 9.18 Å². The second-order valence-corrected chi connectivity index (χ2v) is 7.56. The van der Waals surface area contributed by atoms with Gasteiger partial charge < -0.3 is 16.0 Å². The van der Waals surface area contributed by atoms with Gasteiger partial charge in [-0.15, -0.1) is 0 Å². The van der Waals surface area contributed by atoms with Crippen LogP contribution in [0.15, 0.2) is 72.9 Å². The summed E-state index contributed by atoms with van der Waals surface area (Å²) < 4.78 is 13.9. The molecule has 0 fully saturated rings. The Hall–Kier alpha value is -4.04. The summed E-state index contributed by atoms with van der Waals surface area (Å²) in [6.45, 7) is 1.80. The molecule has 2 aromatic heterocycles. The first-order chi connectivity index (χ1) is 16.0. The van der Waals surface area contributed by atoms with Crippen molar-refractivity contribution in [1.82, 2.24) is 15.0 Å². The molecule has 0 spiro atoms. The number of nitrogens with one attached hydrogen (secondary N) is 3. The molecule has 0 aliphatic heterocycles. The van der Waals surface area contributed by atoms with Crippen LogP contribution in [-0.2, 0) is 11.2 Å². The van der Waals surface area contributed by atoms with Crippen molar-refractivity contribution in [3.8, 4) is 0 Å². The second kappa shape index (κ2) is 10.1. The summed E-state index contributed by atoms with van der Waals surface area (Å²) >= 11 is 6.00. The third-order valence-electron chi connectivity index (χ3n) is 4.60. The van der Waals surface area contributed by atoms with Crippen LogP contribution in [0, 0.1) is 12.7 Å². The highest BCUT2D eigenvalue weighted by molar-refractivity contribution is 6.31. The number of anilines is 5. The highest BCUT2D eigenvalue weighted by Gasteiger charge is 2.12. The highest BCUT2D eigenvalue weighted by atomic mass is 35.5. The van der Waals surface area contributed by atoms with Gasteiger partial charge in [-0.05, 0) is 55.5 Å². The van der Waals surface area contributed by atoms with Gasteiger partial charge in [-0.25, -0.2) is 19.3 Å². The van der Waals surface area contributed by atoms with Gasteiger partial charge in [0, 0.05) is 34.2 Å². The van der Waals surface area contributed by atoms with Gasteiger partial charge >= 0.3 is 0 Å². The molecule has 4 rings (SSSR count). The quantitative estimate of drug-likeness (QED) is 0.329. The molecule has 4 aromatic rings.